The van der Waals surface area contributed by atoms with Crippen LogP contribution in [0.3, 0.4) is 0 Å². The Morgan fingerprint density at radius 1 is 0.972 bits per heavy atom. The molecule has 1 heterocycles. The Morgan fingerprint density at radius 2 is 1.72 bits per heavy atom. The van der Waals surface area contributed by atoms with Crippen LogP contribution in [0.25, 0.3) is 5.69 Å². The van der Waals surface area contributed by atoms with Crippen LogP contribution in [0.15, 0.2) is 71.9 Å². The SMILES string of the molecule is O=C(CSc1nnc(CNC(=O)c2cc(Cl)ccc2Cl)n1-c1ccc(F)cc1)Nc1ccccc1F. The van der Waals surface area contributed by atoms with Crippen LogP contribution in [0.4, 0.5) is 14.5 Å². The number of rotatable bonds is 8. The van der Waals surface area contributed by atoms with E-state index in [1.807, 2.05) is 0 Å². The molecule has 0 unspecified atom stereocenters. The summed E-state index contributed by atoms with van der Waals surface area (Å²) in [7, 11) is 0. The molecule has 12 heteroatoms. The number of para-hydroxylation sites is 1. The van der Waals surface area contributed by atoms with Crippen molar-refractivity contribution in [2.75, 3.05) is 11.1 Å². The summed E-state index contributed by atoms with van der Waals surface area (Å²) in [6.07, 6.45) is 0. The molecule has 0 saturated heterocycles. The lowest BCUT2D eigenvalue weighted by Gasteiger charge is -2.12. The predicted molar refractivity (Wildman–Crippen MR) is 135 cm³/mol. The number of amides is 2. The van der Waals surface area contributed by atoms with Crippen molar-refractivity contribution in [3.63, 3.8) is 0 Å². The van der Waals surface area contributed by atoms with Crippen LogP contribution in [0.2, 0.25) is 10.0 Å². The molecule has 0 fully saturated rings. The van der Waals surface area contributed by atoms with Crippen molar-refractivity contribution < 1.29 is 18.4 Å². The molecule has 36 heavy (non-hydrogen) atoms. The van der Waals surface area contributed by atoms with E-state index in [1.54, 1.807) is 16.7 Å². The van der Waals surface area contributed by atoms with Crippen LogP contribution in [0, 0.1) is 11.6 Å². The fourth-order valence-corrected chi connectivity index (χ4v) is 4.31. The van der Waals surface area contributed by atoms with Crippen LogP contribution >= 0.6 is 35.0 Å². The molecule has 2 N–H and O–H groups in total. The van der Waals surface area contributed by atoms with E-state index in [0.29, 0.717) is 21.7 Å². The molecular weight excluding hydrogens is 531 g/mol. The summed E-state index contributed by atoms with van der Waals surface area (Å²) in [6.45, 7) is -0.0476. The standard InChI is InChI=1S/C24H17Cl2F2N5O2S/c25-14-5-10-18(26)17(11-14)23(35)29-12-21-31-32-24(33(21)16-8-6-15(27)7-9-16)36-13-22(34)30-20-4-2-1-3-19(20)28/h1-11H,12-13H2,(H,29,35)(H,30,34). The molecule has 0 bridgehead atoms. The largest absolute Gasteiger partial charge is 0.345 e. The zero-order chi connectivity index (χ0) is 25.7. The van der Waals surface area contributed by atoms with Gasteiger partial charge in [-0.2, -0.15) is 0 Å². The minimum Gasteiger partial charge on any atom is -0.345 e. The highest BCUT2D eigenvalue weighted by Gasteiger charge is 2.18. The van der Waals surface area contributed by atoms with Crippen molar-refractivity contribution in [3.05, 3.63) is 99.8 Å². The predicted octanol–water partition coefficient (Wildman–Crippen LogP) is 5.51. The Labute approximate surface area is 218 Å². The molecule has 0 aliphatic rings. The maximum Gasteiger partial charge on any atom is 0.253 e. The number of hydrogen-bond acceptors (Lipinski definition) is 5. The first-order chi connectivity index (χ1) is 17.3. The molecule has 2 amide bonds. The maximum atomic E-state index is 13.8. The van der Waals surface area contributed by atoms with E-state index in [0.717, 1.165) is 11.8 Å². The minimum atomic E-state index is -0.553. The van der Waals surface area contributed by atoms with Gasteiger partial charge in [0, 0.05) is 10.7 Å². The van der Waals surface area contributed by atoms with Gasteiger partial charge in [0.15, 0.2) is 11.0 Å². The Hall–Kier alpha value is -3.47. The second kappa shape index (κ2) is 11.5. The zero-order valence-electron chi connectivity index (χ0n) is 18.3. The summed E-state index contributed by atoms with van der Waals surface area (Å²) in [6, 6.07) is 15.9. The number of anilines is 1. The van der Waals surface area contributed by atoms with Gasteiger partial charge in [0.2, 0.25) is 5.91 Å². The number of nitrogens with one attached hydrogen (secondary N) is 2. The number of benzene rings is 3. The van der Waals surface area contributed by atoms with Crippen molar-refractivity contribution in [1.29, 1.82) is 0 Å². The van der Waals surface area contributed by atoms with E-state index < -0.39 is 23.4 Å². The van der Waals surface area contributed by atoms with Gasteiger partial charge < -0.3 is 10.6 Å². The van der Waals surface area contributed by atoms with Crippen LogP contribution in [-0.2, 0) is 11.3 Å². The fourth-order valence-electron chi connectivity index (χ4n) is 3.16. The zero-order valence-corrected chi connectivity index (χ0v) is 20.7. The number of aromatic nitrogens is 3. The van der Waals surface area contributed by atoms with E-state index in [-0.39, 0.29) is 28.6 Å². The molecule has 7 nitrogen and oxygen atoms in total. The van der Waals surface area contributed by atoms with Crippen LogP contribution in [0.1, 0.15) is 16.2 Å². The third-order valence-corrected chi connectivity index (χ3v) is 6.34. The topological polar surface area (TPSA) is 88.9 Å². The second-order valence-electron chi connectivity index (χ2n) is 7.33. The molecular formula is C24H17Cl2F2N5O2S. The van der Waals surface area contributed by atoms with E-state index in [9.17, 15) is 18.4 Å². The first kappa shape index (κ1) is 25.6. The van der Waals surface area contributed by atoms with E-state index in [4.69, 9.17) is 23.2 Å². The van der Waals surface area contributed by atoms with Gasteiger partial charge in [-0.3, -0.25) is 14.2 Å². The third kappa shape index (κ3) is 6.20. The number of thioether (sulfide) groups is 1. The molecule has 0 spiro atoms. The molecule has 0 aliphatic carbocycles. The second-order valence-corrected chi connectivity index (χ2v) is 9.12. The lowest BCUT2D eigenvalue weighted by molar-refractivity contribution is -0.113. The summed E-state index contributed by atoms with van der Waals surface area (Å²) in [5.74, 6) is -1.69. The van der Waals surface area contributed by atoms with Gasteiger partial charge in [0.05, 0.1) is 28.6 Å². The quantitative estimate of drug-likeness (QED) is 0.284. The molecule has 3 aromatic carbocycles. The average Bonchev–Trinajstić information content (AvgIpc) is 3.27. The number of halogens is 4. The minimum absolute atomic E-state index is 0.0476. The van der Waals surface area contributed by atoms with Gasteiger partial charge in [-0.1, -0.05) is 47.1 Å². The summed E-state index contributed by atoms with van der Waals surface area (Å²) in [5.41, 5.74) is 0.769. The first-order valence-electron chi connectivity index (χ1n) is 10.4. The summed E-state index contributed by atoms with van der Waals surface area (Å²) >= 11 is 13.1. The number of carbonyl (C=O) groups excluding carboxylic acids is 2. The molecule has 0 radical (unpaired) electrons. The molecule has 0 saturated carbocycles. The van der Waals surface area contributed by atoms with Crippen molar-refractivity contribution in [2.45, 2.75) is 11.7 Å². The Morgan fingerprint density at radius 3 is 2.47 bits per heavy atom. The Kier molecular flexibility index (Phi) is 8.19. The highest BCUT2D eigenvalue weighted by Crippen LogP contribution is 2.24. The van der Waals surface area contributed by atoms with Crippen molar-refractivity contribution in [1.82, 2.24) is 20.1 Å². The van der Waals surface area contributed by atoms with Crippen LogP contribution < -0.4 is 10.6 Å². The summed E-state index contributed by atoms with van der Waals surface area (Å²) < 4.78 is 28.9. The van der Waals surface area contributed by atoms with E-state index in [2.05, 4.69) is 20.8 Å². The van der Waals surface area contributed by atoms with Crippen LogP contribution in [0.5, 0.6) is 0 Å². The van der Waals surface area contributed by atoms with E-state index in [1.165, 1.54) is 54.6 Å². The third-order valence-electron chi connectivity index (χ3n) is 4.85. The molecule has 0 aliphatic heterocycles. The van der Waals surface area contributed by atoms with E-state index >= 15 is 0 Å². The lowest BCUT2D eigenvalue weighted by atomic mass is 10.2. The molecule has 4 aromatic rings. The molecule has 4 rings (SSSR count). The van der Waals surface area contributed by atoms with Crippen molar-refractivity contribution in [3.8, 4) is 5.69 Å². The highest BCUT2D eigenvalue weighted by molar-refractivity contribution is 7.99. The number of nitrogens with zero attached hydrogens (tertiary/aromatic N) is 3. The van der Waals surface area contributed by atoms with Gasteiger partial charge >= 0.3 is 0 Å². The van der Waals surface area contributed by atoms with Gasteiger partial charge in [-0.25, -0.2) is 8.78 Å². The van der Waals surface area contributed by atoms with Gasteiger partial charge in [0.25, 0.3) is 5.91 Å². The smallest absolute Gasteiger partial charge is 0.253 e. The van der Waals surface area contributed by atoms with Gasteiger partial charge in [0.1, 0.15) is 11.6 Å². The molecule has 1 aromatic heterocycles. The van der Waals surface area contributed by atoms with Crippen molar-refractivity contribution in [2.24, 2.45) is 0 Å². The maximum absolute atomic E-state index is 13.8. The number of hydrogen-bond donors (Lipinski definition) is 2. The number of carbonyl (C=O) groups is 2. The summed E-state index contributed by atoms with van der Waals surface area (Å²) in [5, 5.41) is 14.4. The van der Waals surface area contributed by atoms with Gasteiger partial charge in [-0.05, 0) is 54.6 Å². The normalized spacial score (nSPS) is 10.8. The fraction of sp³-hybridized carbons (Fsp3) is 0.0833. The van der Waals surface area contributed by atoms with Crippen LogP contribution in [-0.4, -0.2) is 32.3 Å². The first-order valence-corrected chi connectivity index (χ1v) is 12.2. The highest BCUT2D eigenvalue weighted by atomic mass is 35.5. The molecule has 184 valence electrons. The van der Waals surface area contributed by atoms with Crippen molar-refractivity contribution >= 4 is 52.5 Å². The average molecular weight is 548 g/mol. The van der Waals surface area contributed by atoms with Gasteiger partial charge in [-0.15, -0.1) is 10.2 Å². The summed E-state index contributed by atoms with van der Waals surface area (Å²) in [4.78, 5) is 25.0. The Balaban J connectivity index is 1.52. The Bertz CT molecular complexity index is 1420. The lowest BCUT2D eigenvalue weighted by Crippen LogP contribution is -2.25. The monoisotopic (exact) mass is 547 g/mol. The molecule has 0 atom stereocenters.